The van der Waals surface area contributed by atoms with Crippen LogP contribution in [0.4, 0.5) is 10.1 Å². The topological polar surface area (TPSA) is 102 Å². The molecule has 3 aromatic rings. The van der Waals surface area contributed by atoms with Crippen molar-refractivity contribution in [3.05, 3.63) is 65.7 Å². The molecular weight excluding hydrogens is 535 g/mol. The van der Waals surface area contributed by atoms with Crippen molar-refractivity contribution in [1.82, 2.24) is 14.9 Å². The van der Waals surface area contributed by atoms with Gasteiger partial charge in [-0.2, -0.15) is 0 Å². The Morgan fingerprint density at radius 2 is 1.73 bits per heavy atom. The van der Waals surface area contributed by atoms with E-state index in [-0.39, 0.29) is 28.7 Å². The molecule has 1 atom stereocenters. The van der Waals surface area contributed by atoms with Crippen LogP contribution in [0.3, 0.4) is 0 Å². The van der Waals surface area contributed by atoms with E-state index in [1.54, 1.807) is 6.92 Å². The number of likely N-dealkylation sites (tertiary alicyclic amines) is 1. The normalized spacial score (nSPS) is 15.4. The monoisotopic (exact) mass is 570 g/mol. The molecule has 1 aliphatic rings. The Hall–Kier alpha value is -3.57. The Bertz CT molecular complexity index is 1420. The molecule has 0 spiro atoms. The van der Waals surface area contributed by atoms with Crippen molar-refractivity contribution in [2.24, 2.45) is 0 Å². The van der Waals surface area contributed by atoms with Crippen molar-refractivity contribution >= 4 is 21.8 Å². The molecule has 0 bridgehead atoms. The molecule has 0 N–H and O–H groups in total. The lowest BCUT2D eigenvalue weighted by molar-refractivity contribution is -0.113. The Labute approximate surface area is 234 Å². The van der Waals surface area contributed by atoms with E-state index in [2.05, 4.69) is 45.7 Å². The number of piperidine rings is 1. The number of carbonyl (C=O) groups excluding carboxylic acids is 1. The van der Waals surface area contributed by atoms with Gasteiger partial charge in [-0.05, 0) is 69.5 Å². The van der Waals surface area contributed by atoms with Gasteiger partial charge in [0.1, 0.15) is 18.7 Å². The molecule has 0 amide bonds. The molecular formula is C29H35FN4O5S. The number of aldehydes is 1. The second-order valence-corrected chi connectivity index (χ2v) is 11.8. The largest absolute Gasteiger partial charge is 0.474 e. The SMILES string of the molecule is CCN(CC)c1ccc(C(C=O)N2CCC(Oc3ncnc(Oc4ccc(S(C)(=O)=O)cc4F)c3C)CC2)cc1. The van der Waals surface area contributed by atoms with E-state index in [4.69, 9.17) is 9.47 Å². The molecule has 40 heavy (non-hydrogen) atoms. The first-order valence-corrected chi connectivity index (χ1v) is 15.2. The first-order valence-electron chi connectivity index (χ1n) is 13.3. The van der Waals surface area contributed by atoms with Crippen LogP contribution < -0.4 is 14.4 Å². The van der Waals surface area contributed by atoms with Gasteiger partial charge in [-0.15, -0.1) is 0 Å². The predicted molar refractivity (Wildman–Crippen MR) is 150 cm³/mol. The van der Waals surface area contributed by atoms with E-state index < -0.39 is 15.7 Å². The average molecular weight is 571 g/mol. The zero-order valence-electron chi connectivity index (χ0n) is 23.2. The molecule has 1 unspecified atom stereocenters. The smallest absolute Gasteiger partial charge is 0.229 e. The van der Waals surface area contributed by atoms with Crippen LogP contribution in [-0.4, -0.2) is 68.1 Å². The lowest BCUT2D eigenvalue weighted by atomic mass is 10.0. The molecule has 0 saturated carbocycles. The van der Waals surface area contributed by atoms with Crippen LogP contribution in [-0.2, 0) is 14.6 Å². The van der Waals surface area contributed by atoms with Crippen LogP contribution >= 0.6 is 0 Å². The van der Waals surface area contributed by atoms with E-state index >= 15 is 0 Å². The summed E-state index contributed by atoms with van der Waals surface area (Å²) in [6.45, 7) is 9.16. The van der Waals surface area contributed by atoms with Crippen LogP contribution in [0, 0.1) is 12.7 Å². The van der Waals surface area contributed by atoms with Gasteiger partial charge in [-0.25, -0.2) is 22.8 Å². The first kappa shape index (κ1) is 29.4. The van der Waals surface area contributed by atoms with Gasteiger partial charge in [0.05, 0.1) is 16.5 Å². The summed E-state index contributed by atoms with van der Waals surface area (Å²) in [5, 5.41) is 0. The fraction of sp³-hybridized carbons (Fsp3) is 0.414. The van der Waals surface area contributed by atoms with Crippen molar-refractivity contribution in [2.45, 2.75) is 50.7 Å². The molecule has 1 aromatic heterocycles. The van der Waals surface area contributed by atoms with Gasteiger partial charge in [-0.1, -0.05) is 12.1 Å². The second kappa shape index (κ2) is 12.7. The van der Waals surface area contributed by atoms with Crippen molar-refractivity contribution in [3.8, 4) is 17.5 Å². The molecule has 9 nitrogen and oxygen atoms in total. The van der Waals surface area contributed by atoms with E-state index in [0.717, 1.165) is 42.9 Å². The fourth-order valence-corrected chi connectivity index (χ4v) is 5.45. The van der Waals surface area contributed by atoms with Gasteiger partial charge >= 0.3 is 0 Å². The van der Waals surface area contributed by atoms with Crippen molar-refractivity contribution < 1.29 is 27.1 Å². The number of ether oxygens (including phenoxy) is 2. The van der Waals surface area contributed by atoms with Gasteiger partial charge in [-0.3, -0.25) is 4.90 Å². The summed E-state index contributed by atoms with van der Waals surface area (Å²) in [5.41, 5.74) is 2.61. The number of halogens is 1. The van der Waals surface area contributed by atoms with Crippen LogP contribution in [0.15, 0.2) is 53.7 Å². The Morgan fingerprint density at radius 1 is 1.07 bits per heavy atom. The molecule has 1 aliphatic heterocycles. The van der Waals surface area contributed by atoms with Gasteiger partial charge in [0, 0.05) is 38.1 Å². The number of benzene rings is 2. The Balaban J connectivity index is 1.39. The zero-order valence-corrected chi connectivity index (χ0v) is 24.0. The van der Waals surface area contributed by atoms with Crippen LogP contribution in [0.1, 0.15) is 43.9 Å². The molecule has 1 fully saturated rings. The minimum Gasteiger partial charge on any atom is -0.474 e. The number of anilines is 1. The van der Waals surface area contributed by atoms with Crippen LogP contribution in [0.2, 0.25) is 0 Å². The lowest BCUT2D eigenvalue weighted by Crippen LogP contribution is -2.41. The Kier molecular flexibility index (Phi) is 9.36. The third-order valence-electron chi connectivity index (χ3n) is 7.17. The number of nitrogens with zero attached hydrogens (tertiary/aromatic N) is 4. The second-order valence-electron chi connectivity index (χ2n) is 9.77. The number of rotatable bonds is 11. The number of hydrogen-bond donors (Lipinski definition) is 0. The van der Waals surface area contributed by atoms with E-state index in [1.807, 2.05) is 12.1 Å². The Morgan fingerprint density at radius 3 is 2.30 bits per heavy atom. The van der Waals surface area contributed by atoms with E-state index in [9.17, 15) is 17.6 Å². The van der Waals surface area contributed by atoms with E-state index in [1.165, 1.54) is 18.5 Å². The highest BCUT2D eigenvalue weighted by Crippen LogP contribution is 2.32. The standard InChI is InChI=1S/C29H35FN4O5S/c1-5-33(6-2)22-9-7-21(8-10-22)26(18-35)34-15-13-23(14-16-34)38-28-20(3)29(32-19-31-28)39-27-12-11-24(17-25(27)30)40(4,36)37/h7-12,17-19,23,26H,5-6,13-16H2,1-4H3. The number of hydrogen-bond acceptors (Lipinski definition) is 9. The quantitative estimate of drug-likeness (QED) is 0.302. The van der Waals surface area contributed by atoms with Crippen molar-refractivity contribution in [2.75, 3.05) is 37.3 Å². The van der Waals surface area contributed by atoms with Crippen LogP contribution in [0.5, 0.6) is 17.5 Å². The molecule has 1 saturated heterocycles. The van der Waals surface area contributed by atoms with Gasteiger partial charge in [0.25, 0.3) is 0 Å². The molecule has 2 heterocycles. The molecule has 0 aliphatic carbocycles. The maximum Gasteiger partial charge on any atom is 0.229 e. The fourth-order valence-electron chi connectivity index (χ4n) is 4.82. The highest BCUT2D eigenvalue weighted by molar-refractivity contribution is 7.90. The summed E-state index contributed by atoms with van der Waals surface area (Å²) in [4.78, 5) is 24.7. The van der Waals surface area contributed by atoms with Crippen molar-refractivity contribution in [3.63, 3.8) is 0 Å². The molecule has 0 radical (unpaired) electrons. The summed E-state index contributed by atoms with van der Waals surface area (Å²) in [7, 11) is -3.55. The summed E-state index contributed by atoms with van der Waals surface area (Å²) in [6, 6.07) is 11.3. The number of aromatic nitrogens is 2. The average Bonchev–Trinajstić information content (AvgIpc) is 2.94. The molecule has 214 valence electrons. The third-order valence-corrected chi connectivity index (χ3v) is 8.28. The summed E-state index contributed by atoms with van der Waals surface area (Å²) in [5.74, 6) is -0.528. The minimum atomic E-state index is -3.55. The van der Waals surface area contributed by atoms with Crippen molar-refractivity contribution in [1.29, 1.82) is 0 Å². The molecule has 4 rings (SSSR count). The number of sulfone groups is 1. The predicted octanol–water partition coefficient (Wildman–Crippen LogP) is 4.75. The third kappa shape index (κ3) is 6.76. The zero-order chi connectivity index (χ0) is 28.9. The van der Waals surface area contributed by atoms with Gasteiger partial charge in [0.15, 0.2) is 21.4 Å². The van der Waals surface area contributed by atoms with Gasteiger partial charge < -0.3 is 19.2 Å². The minimum absolute atomic E-state index is 0.114. The highest BCUT2D eigenvalue weighted by atomic mass is 32.2. The number of carbonyl (C=O) groups is 1. The highest BCUT2D eigenvalue weighted by Gasteiger charge is 2.28. The first-order chi connectivity index (χ1) is 19.1. The van der Waals surface area contributed by atoms with Crippen LogP contribution in [0.25, 0.3) is 0 Å². The summed E-state index contributed by atoms with van der Waals surface area (Å²) < 4.78 is 49.7. The van der Waals surface area contributed by atoms with Gasteiger partial charge in [0.2, 0.25) is 11.8 Å². The molecule has 2 aromatic carbocycles. The lowest BCUT2D eigenvalue weighted by Gasteiger charge is -2.35. The maximum atomic E-state index is 14.5. The molecule has 11 heteroatoms. The summed E-state index contributed by atoms with van der Waals surface area (Å²) >= 11 is 0. The van der Waals surface area contributed by atoms with E-state index in [0.29, 0.717) is 37.4 Å². The summed E-state index contributed by atoms with van der Waals surface area (Å²) in [6.07, 6.45) is 4.55. The maximum absolute atomic E-state index is 14.5.